The average Bonchev–Trinajstić information content (AvgIpc) is 2.00. The van der Waals surface area contributed by atoms with Gasteiger partial charge in [-0.05, 0) is 0 Å². The minimum absolute atomic E-state index is 0.260. The fourth-order valence-electron chi connectivity index (χ4n) is 0.927. The second-order valence-corrected chi connectivity index (χ2v) is 3.70. The first-order valence-corrected chi connectivity index (χ1v) is 4.34. The Morgan fingerprint density at radius 3 is 2.67 bits per heavy atom. The van der Waals surface area contributed by atoms with Crippen molar-refractivity contribution in [3.63, 3.8) is 0 Å². The Kier molecular flexibility index (Phi) is 5.29. The molecule has 0 saturated carbocycles. The monoisotopic (exact) mass is 194 g/mol. The number of aliphatic hydroxyl groups is 1. The van der Waals surface area contributed by atoms with Gasteiger partial charge in [-0.1, -0.05) is 6.58 Å². The number of quaternary nitrogens is 1. The predicted molar refractivity (Wildman–Crippen MR) is 49.9 cm³/mol. The van der Waals surface area contributed by atoms with E-state index in [1.54, 1.807) is 0 Å². The molecule has 4 heteroatoms. The molecule has 72 valence electrons. The normalized spacial score (nSPS) is 14.0. The maximum atomic E-state index is 9.26. The van der Waals surface area contributed by atoms with Gasteiger partial charge < -0.3 is 9.84 Å². The van der Waals surface area contributed by atoms with Crippen LogP contribution in [0.2, 0.25) is 0 Å². The SMILES string of the molecule is C=COC[N+](C)(C)CC(O)CCl. The summed E-state index contributed by atoms with van der Waals surface area (Å²) in [5.74, 6) is 0.260. The molecule has 0 rings (SSSR count). The van der Waals surface area contributed by atoms with E-state index in [9.17, 15) is 5.11 Å². The van der Waals surface area contributed by atoms with E-state index < -0.39 is 6.10 Å². The van der Waals surface area contributed by atoms with Gasteiger partial charge in [-0.25, -0.2) is 0 Å². The zero-order valence-corrected chi connectivity index (χ0v) is 8.42. The standard InChI is InChI=1S/C8H17ClNO2/c1-4-12-7-10(2,3)6-8(11)5-9/h4,8,11H,1,5-7H2,2-3H3/q+1. The topological polar surface area (TPSA) is 29.5 Å². The summed E-state index contributed by atoms with van der Waals surface area (Å²) in [7, 11) is 3.92. The first kappa shape index (κ1) is 11.8. The van der Waals surface area contributed by atoms with Gasteiger partial charge in [0.05, 0.1) is 26.2 Å². The van der Waals surface area contributed by atoms with Gasteiger partial charge in [0.2, 0.25) is 6.73 Å². The van der Waals surface area contributed by atoms with Crippen molar-refractivity contribution in [1.82, 2.24) is 0 Å². The Morgan fingerprint density at radius 2 is 2.25 bits per heavy atom. The highest BCUT2D eigenvalue weighted by Gasteiger charge is 2.19. The van der Waals surface area contributed by atoms with Crippen LogP contribution in [0.3, 0.4) is 0 Å². The molecule has 0 radical (unpaired) electrons. The van der Waals surface area contributed by atoms with E-state index in [2.05, 4.69) is 6.58 Å². The van der Waals surface area contributed by atoms with Crippen molar-refractivity contribution in [1.29, 1.82) is 0 Å². The predicted octanol–water partition coefficient (Wildman–Crippen LogP) is 0.780. The second-order valence-electron chi connectivity index (χ2n) is 3.39. The molecule has 1 atom stereocenters. The van der Waals surface area contributed by atoms with Crippen LogP contribution < -0.4 is 0 Å². The Bertz CT molecular complexity index is 139. The number of halogens is 1. The second kappa shape index (κ2) is 5.41. The molecule has 0 aromatic rings. The van der Waals surface area contributed by atoms with Crippen LogP contribution in [0.5, 0.6) is 0 Å². The van der Waals surface area contributed by atoms with Gasteiger partial charge >= 0.3 is 0 Å². The molecular formula is C8H17ClNO2+. The van der Waals surface area contributed by atoms with Crippen LogP contribution in [0.1, 0.15) is 0 Å². The summed E-state index contributed by atoms with van der Waals surface area (Å²) < 4.78 is 5.59. The Labute approximate surface area is 78.8 Å². The van der Waals surface area contributed by atoms with Crippen molar-refractivity contribution in [3.05, 3.63) is 12.8 Å². The highest BCUT2D eigenvalue weighted by molar-refractivity contribution is 6.18. The van der Waals surface area contributed by atoms with Gasteiger partial charge in [0.1, 0.15) is 12.6 Å². The van der Waals surface area contributed by atoms with Crippen LogP contribution >= 0.6 is 11.6 Å². The maximum absolute atomic E-state index is 9.26. The lowest BCUT2D eigenvalue weighted by atomic mass is 10.3. The lowest BCUT2D eigenvalue weighted by molar-refractivity contribution is -0.910. The van der Waals surface area contributed by atoms with Gasteiger partial charge in [0.15, 0.2) is 0 Å². The molecule has 0 fully saturated rings. The molecule has 3 nitrogen and oxygen atoms in total. The summed E-state index contributed by atoms with van der Waals surface area (Å²) in [6.07, 6.45) is 0.919. The molecule has 0 aromatic heterocycles. The lowest BCUT2D eigenvalue weighted by Crippen LogP contribution is -2.46. The lowest BCUT2D eigenvalue weighted by Gasteiger charge is -2.29. The summed E-state index contributed by atoms with van der Waals surface area (Å²) in [5.41, 5.74) is 0. The minimum atomic E-state index is -0.477. The Hall–Kier alpha value is -0.250. The van der Waals surface area contributed by atoms with E-state index in [4.69, 9.17) is 16.3 Å². The zero-order chi connectivity index (χ0) is 9.61. The fraction of sp³-hybridized carbons (Fsp3) is 0.750. The number of rotatable bonds is 6. The molecule has 1 unspecified atom stereocenters. The summed E-state index contributed by atoms with van der Waals surface area (Å²) >= 11 is 5.47. The minimum Gasteiger partial charge on any atom is -0.454 e. The Morgan fingerprint density at radius 1 is 1.67 bits per heavy atom. The molecule has 0 heterocycles. The van der Waals surface area contributed by atoms with E-state index >= 15 is 0 Å². The summed E-state index contributed by atoms with van der Waals surface area (Å²) in [6.45, 7) is 4.52. The van der Waals surface area contributed by atoms with Crippen molar-refractivity contribution in [2.75, 3.05) is 33.3 Å². The van der Waals surface area contributed by atoms with Crippen molar-refractivity contribution < 1.29 is 14.3 Å². The van der Waals surface area contributed by atoms with Crippen molar-refractivity contribution in [3.8, 4) is 0 Å². The molecule has 0 saturated heterocycles. The molecule has 12 heavy (non-hydrogen) atoms. The van der Waals surface area contributed by atoms with Crippen LogP contribution in [0.15, 0.2) is 12.8 Å². The van der Waals surface area contributed by atoms with Crippen molar-refractivity contribution >= 4 is 11.6 Å². The summed E-state index contributed by atoms with van der Waals surface area (Å²) in [5, 5.41) is 9.26. The van der Waals surface area contributed by atoms with E-state index in [0.29, 0.717) is 17.8 Å². The van der Waals surface area contributed by atoms with Gasteiger partial charge in [0.25, 0.3) is 0 Å². The van der Waals surface area contributed by atoms with Gasteiger partial charge in [0, 0.05) is 0 Å². The number of hydrogen-bond donors (Lipinski definition) is 1. The maximum Gasteiger partial charge on any atom is 0.222 e. The first-order valence-electron chi connectivity index (χ1n) is 3.80. The molecule has 0 bridgehead atoms. The third kappa shape index (κ3) is 5.41. The van der Waals surface area contributed by atoms with Crippen LogP contribution in [-0.4, -0.2) is 48.9 Å². The molecule has 0 aliphatic carbocycles. The smallest absolute Gasteiger partial charge is 0.222 e. The number of aliphatic hydroxyl groups excluding tert-OH is 1. The third-order valence-corrected chi connectivity index (χ3v) is 1.78. The van der Waals surface area contributed by atoms with Gasteiger partial charge in [-0.2, -0.15) is 0 Å². The largest absolute Gasteiger partial charge is 0.454 e. The number of alkyl halides is 1. The van der Waals surface area contributed by atoms with Gasteiger partial charge in [-0.3, -0.25) is 4.48 Å². The fourth-order valence-corrected chi connectivity index (χ4v) is 1.02. The summed E-state index contributed by atoms with van der Waals surface area (Å²) in [4.78, 5) is 0. The number of likely N-dealkylation sites (N-methyl/N-ethyl adjacent to an activating group) is 1. The van der Waals surface area contributed by atoms with E-state index in [-0.39, 0.29) is 5.88 Å². The third-order valence-electron chi connectivity index (χ3n) is 1.42. The van der Waals surface area contributed by atoms with Crippen molar-refractivity contribution in [2.24, 2.45) is 0 Å². The van der Waals surface area contributed by atoms with Crippen LogP contribution in [0, 0.1) is 0 Å². The quantitative estimate of drug-likeness (QED) is 0.293. The highest BCUT2D eigenvalue weighted by Crippen LogP contribution is 2.01. The van der Waals surface area contributed by atoms with E-state index in [1.807, 2.05) is 14.1 Å². The van der Waals surface area contributed by atoms with E-state index in [0.717, 1.165) is 0 Å². The van der Waals surface area contributed by atoms with Crippen molar-refractivity contribution in [2.45, 2.75) is 6.10 Å². The van der Waals surface area contributed by atoms with Crippen LogP contribution in [-0.2, 0) is 4.74 Å². The molecular weight excluding hydrogens is 178 g/mol. The molecule has 0 aliphatic rings. The first-order chi connectivity index (χ1) is 5.52. The summed E-state index contributed by atoms with van der Waals surface area (Å²) in [6, 6.07) is 0. The number of hydrogen-bond acceptors (Lipinski definition) is 2. The van der Waals surface area contributed by atoms with E-state index in [1.165, 1.54) is 6.26 Å². The average molecular weight is 195 g/mol. The molecule has 1 N–H and O–H groups in total. The van der Waals surface area contributed by atoms with Crippen LogP contribution in [0.4, 0.5) is 0 Å². The number of ether oxygens (including phenoxy) is 1. The molecule has 0 aromatic carbocycles. The van der Waals surface area contributed by atoms with Gasteiger partial charge in [-0.15, -0.1) is 11.6 Å². The van der Waals surface area contributed by atoms with Crippen LogP contribution in [0.25, 0.3) is 0 Å². The molecule has 0 spiro atoms. The molecule has 0 amide bonds. The number of nitrogens with zero attached hydrogens (tertiary/aromatic N) is 1. The zero-order valence-electron chi connectivity index (χ0n) is 7.66. The Balaban J connectivity index is 3.76. The highest BCUT2D eigenvalue weighted by atomic mass is 35.5. The molecule has 0 aliphatic heterocycles.